The van der Waals surface area contributed by atoms with Gasteiger partial charge in [0.05, 0.1) is 11.8 Å². The van der Waals surface area contributed by atoms with Crippen LogP contribution in [0.3, 0.4) is 0 Å². The average molecular weight is 243 g/mol. The first-order valence-electron chi connectivity index (χ1n) is 4.66. The third-order valence-electron chi connectivity index (χ3n) is 1.70. The summed E-state index contributed by atoms with van der Waals surface area (Å²) in [5.41, 5.74) is 2.24. The minimum absolute atomic E-state index is 0.200. The van der Waals surface area contributed by atoms with Gasteiger partial charge in [-0.15, -0.1) is 0 Å². The van der Waals surface area contributed by atoms with E-state index in [1.807, 2.05) is 6.92 Å². The maximum Gasteiger partial charge on any atom is 0.186 e. The van der Waals surface area contributed by atoms with E-state index in [2.05, 4.69) is 15.8 Å². The van der Waals surface area contributed by atoms with E-state index in [-0.39, 0.29) is 5.56 Å². The number of hydrogen-bond acceptors (Lipinski definition) is 2. The Bertz CT molecular complexity index is 387. The molecule has 0 aliphatic carbocycles. The number of rotatable bonds is 3. The lowest BCUT2D eigenvalue weighted by atomic mass is 10.2. The van der Waals surface area contributed by atoms with E-state index in [0.29, 0.717) is 11.7 Å². The highest BCUT2D eigenvalue weighted by Crippen LogP contribution is 2.08. The molecule has 0 spiro atoms. The van der Waals surface area contributed by atoms with Gasteiger partial charge in [0.1, 0.15) is 11.6 Å². The molecule has 0 amide bonds. The Morgan fingerprint density at radius 3 is 2.62 bits per heavy atom. The average Bonchev–Trinajstić information content (AvgIpc) is 2.23. The number of halogens is 2. The topological polar surface area (TPSA) is 36.4 Å². The predicted octanol–water partition coefficient (Wildman–Crippen LogP) is 1.78. The van der Waals surface area contributed by atoms with Crippen molar-refractivity contribution in [2.45, 2.75) is 6.92 Å². The SMILES string of the molecule is CCNC(=S)NN=Cc1c(F)cccc1F. The molecule has 2 N–H and O–H groups in total. The largest absolute Gasteiger partial charge is 0.362 e. The molecule has 16 heavy (non-hydrogen) atoms. The summed E-state index contributed by atoms with van der Waals surface area (Å²) in [5, 5.41) is 6.70. The van der Waals surface area contributed by atoms with Gasteiger partial charge in [-0.2, -0.15) is 5.10 Å². The summed E-state index contributed by atoms with van der Waals surface area (Å²) in [6.07, 6.45) is 1.05. The van der Waals surface area contributed by atoms with Crippen LogP contribution in [0.1, 0.15) is 12.5 Å². The highest BCUT2D eigenvalue weighted by Gasteiger charge is 2.04. The Morgan fingerprint density at radius 1 is 1.44 bits per heavy atom. The van der Waals surface area contributed by atoms with Crippen molar-refractivity contribution in [1.82, 2.24) is 10.7 Å². The van der Waals surface area contributed by atoms with Crippen LogP contribution in [0.15, 0.2) is 23.3 Å². The molecular weight excluding hydrogens is 232 g/mol. The normalized spacial score (nSPS) is 10.4. The van der Waals surface area contributed by atoms with Gasteiger partial charge in [0.25, 0.3) is 0 Å². The van der Waals surface area contributed by atoms with Gasteiger partial charge in [0, 0.05) is 6.54 Å². The molecule has 0 aliphatic heterocycles. The van der Waals surface area contributed by atoms with Crippen molar-refractivity contribution < 1.29 is 8.78 Å². The fourth-order valence-corrected chi connectivity index (χ4v) is 1.19. The van der Waals surface area contributed by atoms with Crippen LogP contribution >= 0.6 is 12.2 Å². The van der Waals surface area contributed by atoms with E-state index in [9.17, 15) is 8.78 Å². The number of hydrazone groups is 1. The molecule has 0 atom stereocenters. The Hall–Kier alpha value is -1.56. The van der Waals surface area contributed by atoms with E-state index in [1.165, 1.54) is 6.07 Å². The Morgan fingerprint density at radius 2 is 2.06 bits per heavy atom. The third-order valence-corrected chi connectivity index (χ3v) is 1.93. The van der Waals surface area contributed by atoms with Gasteiger partial charge in [0.15, 0.2) is 5.11 Å². The fraction of sp³-hybridized carbons (Fsp3) is 0.200. The quantitative estimate of drug-likeness (QED) is 0.482. The number of thiocarbonyl (C=S) groups is 1. The highest BCUT2D eigenvalue weighted by molar-refractivity contribution is 7.80. The van der Waals surface area contributed by atoms with Crippen molar-refractivity contribution in [1.29, 1.82) is 0 Å². The minimum atomic E-state index is -0.667. The van der Waals surface area contributed by atoms with Crippen molar-refractivity contribution in [3.63, 3.8) is 0 Å². The summed E-state index contributed by atoms with van der Waals surface area (Å²) >= 11 is 4.81. The van der Waals surface area contributed by atoms with Gasteiger partial charge in [0.2, 0.25) is 0 Å². The smallest absolute Gasteiger partial charge is 0.186 e. The number of benzene rings is 1. The molecule has 0 saturated heterocycles. The predicted molar refractivity (Wildman–Crippen MR) is 63.4 cm³/mol. The first-order chi connectivity index (χ1) is 7.65. The van der Waals surface area contributed by atoms with Gasteiger partial charge in [-0.3, -0.25) is 5.43 Å². The highest BCUT2D eigenvalue weighted by atomic mass is 32.1. The molecule has 86 valence electrons. The lowest BCUT2D eigenvalue weighted by molar-refractivity contribution is 0.580. The molecule has 3 nitrogen and oxygen atoms in total. The molecule has 6 heteroatoms. The summed E-state index contributed by atoms with van der Waals surface area (Å²) in [7, 11) is 0. The zero-order valence-electron chi connectivity index (χ0n) is 8.63. The zero-order valence-corrected chi connectivity index (χ0v) is 9.44. The van der Waals surface area contributed by atoms with Crippen molar-refractivity contribution in [2.75, 3.05) is 6.54 Å². The van der Waals surface area contributed by atoms with E-state index in [0.717, 1.165) is 18.3 Å². The molecule has 0 saturated carbocycles. The maximum absolute atomic E-state index is 13.1. The summed E-state index contributed by atoms with van der Waals surface area (Å²) in [6.45, 7) is 2.52. The first kappa shape index (κ1) is 12.5. The van der Waals surface area contributed by atoms with Crippen LogP contribution in [0, 0.1) is 11.6 Å². The summed E-state index contributed by atoms with van der Waals surface area (Å²) in [4.78, 5) is 0. The van der Waals surface area contributed by atoms with Crippen LogP contribution < -0.4 is 10.7 Å². The molecule has 1 rings (SSSR count). The van der Waals surface area contributed by atoms with Gasteiger partial charge in [-0.1, -0.05) is 6.07 Å². The summed E-state index contributed by atoms with van der Waals surface area (Å²) < 4.78 is 26.2. The summed E-state index contributed by atoms with van der Waals surface area (Å²) in [6, 6.07) is 3.61. The molecule has 0 bridgehead atoms. The van der Waals surface area contributed by atoms with Gasteiger partial charge < -0.3 is 5.32 Å². The maximum atomic E-state index is 13.1. The second kappa shape index (κ2) is 6.12. The molecule has 0 fully saturated rings. The third kappa shape index (κ3) is 3.54. The first-order valence-corrected chi connectivity index (χ1v) is 5.07. The Labute approximate surface area is 97.5 Å². The number of nitrogens with one attached hydrogen (secondary N) is 2. The molecule has 0 heterocycles. The van der Waals surface area contributed by atoms with Crippen LogP contribution in [0.2, 0.25) is 0 Å². The number of nitrogens with zero attached hydrogens (tertiary/aromatic N) is 1. The van der Waals surface area contributed by atoms with Crippen LogP contribution in [0.4, 0.5) is 8.78 Å². The van der Waals surface area contributed by atoms with Crippen LogP contribution in [0.25, 0.3) is 0 Å². The second-order valence-corrected chi connectivity index (χ2v) is 3.27. The van der Waals surface area contributed by atoms with Crippen molar-refractivity contribution >= 4 is 23.5 Å². The van der Waals surface area contributed by atoms with Crippen molar-refractivity contribution in [2.24, 2.45) is 5.10 Å². The van der Waals surface area contributed by atoms with Crippen molar-refractivity contribution in [3.8, 4) is 0 Å². The van der Waals surface area contributed by atoms with Crippen LogP contribution in [-0.2, 0) is 0 Å². The van der Waals surface area contributed by atoms with E-state index in [1.54, 1.807) is 0 Å². The van der Waals surface area contributed by atoms with Gasteiger partial charge in [-0.25, -0.2) is 8.78 Å². The minimum Gasteiger partial charge on any atom is -0.362 e. The lowest BCUT2D eigenvalue weighted by Gasteiger charge is -2.03. The molecule has 1 aromatic rings. The monoisotopic (exact) mass is 243 g/mol. The van der Waals surface area contributed by atoms with E-state index in [4.69, 9.17) is 12.2 Å². The molecule has 0 radical (unpaired) electrons. The Kier molecular flexibility index (Phi) is 4.78. The summed E-state index contributed by atoms with van der Waals surface area (Å²) in [5.74, 6) is -1.33. The standard InChI is InChI=1S/C10H11F2N3S/c1-2-13-10(16)15-14-6-7-8(11)4-3-5-9(7)12/h3-6H,2H2,1H3,(H2,13,15,16). The molecule has 0 aliphatic rings. The van der Waals surface area contributed by atoms with Crippen LogP contribution in [-0.4, -0.2) is 17.9 Å². The Balaban J connectivity index is 2.66. The van der Waals surface area contributed by atoms with Crippen molar-refractivity contribution in [3.05, 3.63) is 35.4 Å². The fourth-order valence-electron chi connectivity index (χ4n) is 0.990. The molecule has 1 aromatic carbocycles. The molecular formula is C10H11F2N3S. The molecule has 0 aromatic heterocycles. The number of hydrogen-bond donors (Lipinski definition) is 2. The van der Waals surface area contributed by atoms with E-state index >= 15 is 0 Å². The molecule has 0 unspecified atom stereocenters. The second-order valence-electron chi connectivity index (χ2n) is 2.86. The van der Waals surface area contributed by atoms with Crippen LogP contribution in [0.5, 0.6) is 0 Å². The zero-order chi connectivity index (χ0) is 12.0. The van der Waals surface area contributed by atoms with E-state index < -0.39 is 11.6 Å². The van der Waals surface area contributed by atoms with Gasteiger partial charge in [-0.05, 0) is 31.3 Å². The van der Waals surface area contributed by atoms with Gasteiger partial charge >= 0.3 is 0 Å². The lowest BCUT2D eigenvalue weighted by Crippen LogP contribution is -2.31.